The lowest BCUT2D eigenvalue weighted by Crippen LogP contribution is -2.50. The summed E-state index contributed by atoms with van der Waals surface area (Å²) in [6, 6.07) is 5.75. The largest absolute Gasteiger partial charge is 0.444 e. The van der Waals surface area contributed by atoms with Gasteiger partial charge in [-0.3, -0.25) is 4.79 Å². The molecule has 0 unspecified atom stereocenters. The molecule has 2 aromatic rings. The lowest BCUT2D eigenvalue weighted by molar-refractivity contribution is 0.0240. The van der Waals surface area contributed by atoms with Crippen LogP contribution in [0.2, 0.25) is 0 Å². The van der Waals surface area contributed by atoms with Gasteiger partial charge in [-0.1, -0.05) is 0 Å². The number of nitrogens with zero attached hydrogens (tertiary/aromatic N) is 5. The summed E-state index contributed by atoms with van der Waals surface area (Å²) < 4.78 is 6.89. The van der Waals surface area contributed by atoms with Crippen LogP contribution in [0.5, 0.6) is 0 Å². The van der Waals surface area contributed by atoms with E-state index in [4.69, 9.17) is 4.74 Å². The quantitative estimate of drug-likeness (QED) is 0.749. The first-order chi connectivity index (χ1) is 13.1. The second kappa shape index (κ2) is 7.15. The van der Waals surface area contributed by atoms with Crippen molar-refractivity contribution in [3.8, 4) is 6.07 Å². The maximum atomic E-state index is 12.7. The Labute approximate surface area is 163 Å². The third-order valence-electron chi connectivity index (χ3n) is 4.71. The second-order valence-corrected chi connectivity index (χ2v) is 7.97. The average molecular weight is 383 g/mol. The van der Waals surface area contributed by atoms with Gasteiger partial charge in [0.25, 0.3) is 5.56 Å². The summed E-state index contributed by atoms with van der Waals surface area (Å²) >= 11 is 0. The van der Waals surface area contributed by atoms with Gasteiger partial charge in [0, 0.05) is 38.9 Å². The Hall–Kier alpha value is -3.08. The van der Waals surface area contributed by atoms with Crippen LogP contribution in [0.4, 0.5) is 10.5 Å². The Balaban J connectivity index is 1.96. The molecule has 2 aromatic heterocycles. The van der Waals surface area contributed by atoms with E-state index in [0.29, 0.717) is 42.9 Å². The number of pyridine rings is 2. The molecule has 0 atom stereocenters. The summed E-state index contributed by atoms with van der Waals surface area (Å²) in [6.07, 6.45) is -0.351. The number of fused-ring (bicyclic) bond motifs is 1. The first-order valence-electron chi connectivity index (χ1n) is 9.25. The van der Waals surface area contributed by atoms with E-state index in [1.807, 2.05) is 44.7 Å². The molecule has 0 N–H and O–H groups in total. The third-order valence-corrected chi connectivity index (χ3v) is 4.71. The number of hydrogen-bond acceptors (Lipinski definition) is 6. The minimum absolute atomic E-state index is 0.0822. The van der Waals surface area contributed by atoms with E-state index in [-0.39, 0.29) is 17.2 Å². The highest BCUT2D eigenvalue weighted by Crippen LogP contribution is 2.28. The summed E-state index contributed by atoms with van der Waals surface area (Å²) in [6.45, 7) is 9.25. The number of amides is 1. The summed E-state index contributed by atoms with van der Waals surface area (Å²) in [4.78, 5) is 33.2. The Kier molecular flexibility index (Phi) is 5.02. The summed E-state index contributed by atoms with van der Waals surface area (Å²) in [5.74, 6) is 0. The molecule has 0 aliphatic carbocycles. The molecule has 1 fully saturated rings. The van der Waals surface area contributed by atoms with Crippen LogP contribution in [0.25, 0.3) is 11.0 Å². The maximum absolute atomic E-state index is 12.7. The van der Waals surface area contributed by atoms with Crippen molar-refractivity contribution < 1.29 is 9.53 Å². The van der Waals surface area contributed by atoms with Gasteiger partial charge < -0.3 is 19.1 Å². The minimum Gasteiger partial charge on any atom is -0.444 e. The zero-order valence-corrected chi connectivity index (χ0v) is 16.9. The first-order valence-corrected chi connectivity index (χ1v) is 9.25. The minimum atomic E-state index is -0.550. The normalized spacial score (nSPS) is 14.9. The zero-order chi connectivity index (χ0) is 20.6. The van der Waals surface area contributed by atoms with Crippen molar-refractivity contribution in [1.29, 1.82) is 5.26 Å². The number of carbonyl (C=O) groups excluding carboxylic acids is 1. The number of aromatic nitrogens is 2. The number of rotatable bonds is 1. The second-order valence-electron chi connectivity index (χ2n) is 7.97. The summed E-state index contributed by atoms with van der Waals surface area (Å²) in [5, 5.41) is 9.65. The smallest absolute Gasteiger partial charge is 0.410 e. The number of hydrogen-bond donors (Lipinski definition) is 0. The maximum Gasteiger partial charge on any atom is 0.410 e. The molecule has 8 nitrogen and oxygen atoms in total. The monoisotopic (exact) mass is 383 g/mol. The number of piperazine rings is 1. The van der Waals surface area contributed by atoms with Gasteiger partial charge in [0.2, 0.25) is 0 Å². The molecule has 3 rings (SSSR count). The van der Waals surface area contributed by atoms with Gasteiger partial charge in [0.05, 0.1) is 11.2 Å². The van der Waals surface area contributed by atoms with E-state index in [1.54, 1.807) is 11.9 Å². The Bertz CT molecular complexity index is 1020. The van der Waals surface area contributed by atoms with Gasteiger partial charge in [-0.05, 0) is 39.8 Å². The van der Waals surface area contributed by atoms with Gasteiger partial charge in [0.15, 0.2) is 0 Å². The molecule has 28 heavy (non-hydrogen) atoms. The number of aryl methyl sites for hydroxylation is 2. The average Bonchev–Trinajstić information content (AvgIpc) is 2.63. The fourth-order valence-electron chi connectivity index (χ4n) is 3.34. The fourth-order valence-corrected chi connectivity index (χ4v) is 3.34. The van der Waals surface area contributed by atoms with Crippen molar-refractivity contribution in [1.82, 2.24) is 14.5 Å². The lowest BCUT2D eigenvalue weighted by atomic mass is 10.1. The molecule has 1 aliphatic rings. The van der Waals surface area contributed by atoms with Gasteiger partial charge >= 0.3 is 6.09 Å². The molecule has 1 amide bonds. The highest BCUT2D eigenvalue weighted by molar-refractivity contribution is 5.91. The predicted octanol–water partition coefficient (Wildman–Crippen LogP) is 2.17. The topological polar surface area (TPSA) is 91.5 Å². The van der Waals surface area contributed by atoms with E-state index in [9.17, 15) is 14.9 Å². The van der Waals surface area contributed by atoms with E-state index < -0.39 is 5.60 Å². The van der Waals surface area contributed by atoms with Crippen LogP contribution in [0.3, 0.4) is 0 Å². The summed E-state index contributed by atoms with van der Waals surface area (Å²) in [5.41, 5.74) is 1.86. The molecular formula is C20H25N5O3. The molecule has 0 radical (unpaired) electrons. The van der Waals surface area contributed by atoms with Crippen LogP contribution in [-0.4, -0.2) is 52.3 Å². The number of carbonyl (C=O) groups is 1. The van der Waals surface area contributed by atoms with Gasteiger partial charge in [-0.2, -0.15) is 5.26 Å². The SMILES string of the molecule is Cc1ccc2c(n1)c(N1CCN(C(=O)OC(C)(C)C)CC1)c(C#N)c(=O)n2C. The number of ether oxygens (including phenoxy) is 1. The summed E-state index contributed by atoms with van der Waals surface area (Å²) in [7, 11) is 1.65. The fraction of sp³-hybridized carbons (Fsp3) is 0.500. The Morgan fingerprint density at radius 3 is 2.43 bits per heavy atom. The van der Waals surface area contributed by atoms with Crippen molar-refractivity contribution in [2.24, 2.45) is 7.05 Å². The highest BCUT2D eigenvalue weighted by atomic mass is 16.6. The molecule has 1 saturated heterocycles. The van der Waals surface area contributed by atoms with Crippen molar-refractivity contribution in [3.05, 3.63) is 33.7 Å². The number of nitriles is 1. The first kappa shape index (κ1) is 19.7. The van der Waals surface area contributed by atoms with Gasteiger partial charge in [-0.15, -0.1) is 0 Å². The van der Waals surface area contributed by atoms with Crippen molar-refractivity contribution in [2.45, 2.75) is 33.3 Å². The lowest BCUT2D eigenvalue weighted by Gasteiger charge is -2.37. The molecule has 1 aliphatic heterocycles. The van der Waals surface area contributed by atoms with Crippen LogP contribution in [0.15, 0.2) is 16.9 Å². The van der Waals surface area contributed by atoms with Gasteiger partial charge in [-0.25, -0.2) is 9.78 Å². The van der Waals surface area contributed by atoms with Crippen LogP contribution >= 0.6 is 0 Å². The van der Waals surface area contributed by atoms with Crippen LogP contribution in [0.1, 0.15) is 32.0 Å². The Morgan fingerprint density at radius 2 is 1.86 bits per heavy atom. The zero-order valence-electron chi connectivity index (χ0n) is 16.9. The molecule has 8 heteroatoms. The predicted molar refractivity (Wildman–Crippen MR) is 106 cm³/mol. The highest BCUT2D eigenvalue weighted by Gasteiger charge is 2.29. The number of anilines is 1. The standard InChI is InChI=1S/C20H25N5O3/c1-13-6-7-15-16(22-13)17(14(12-21)18(26)23(15)5)24-8-10-25(11-9-24)19(27)28-20(2,3)4/h6-7H,8-11H2,1-5H3. The van der Waals surface area contributed by atoms with E-state index in [2.05, 4.69) is 11.1 Å². The third kappa shape index (κ3) is 3.65. The molecule has 0 saturated carbocycles. The van der Waals surface area contributed by atoms with E-state index in [0.717, 1.165) is 5.69 Å². The van der Waals surface area contributed by atoms with Crippen molar-refractivity contribution in [2.75, 3.05) is 31.1 Å². The van der Waals surface area contributed by atoms with Crippen molar-refractivity contribution in [3.63, 3.8) is 0 Å². The van der Waals surface area contributed by atoms with Crippen molar-refractivity contribution >= 4 is 22.8 Å². The molecule has 148 valence electrons. The molecule has 0 aromatic carbocycles. The van der Waals surface area contributed by atoms with Gasteiger partial charge in [0.1, 0.15) is 22.8 Å². The van der Waals surface area contributed by atoms with E-state index in [1.165, 1.54) is 4.57 Å². The van der Waals surface area contributed by atoms with Crippen LogP contribution in [0, 0.1) is 18.3 Å². The molecule has 0 spiro atoms. The van der Waals surface area contributed by atoms with Crippen LogP contribution in [-0.2, 0) is 11.8 Å². The van der Waals surface area contributed by atoms with E-state index >= 15 is 0 Å². The molecule has 3 heterocycles. The van der Waals surface area contributed by atoms with Crippen LogP contribution < -0.4 is 10.5 Å². The Morgan fingerprint density at radius 1 is 1.21 bits per heavy atom. The molecular weight excluding hydrogens is 358 g/mol. The molecule has 0 bridgehead atoms.